The molecular weight excluding hydrogens is 520 g/mol. The van der Waals surface area contributed by atoms with Crippen LogP contribution in [-0.4, -0.2) is 76.8 Å². The summed E-state index contributed by atoms with van der Waals surface area (Å²) in [7, 11) is 0. The lowest BCUT2D eigenvalue weighted by Gasteiger charge is -2.37. The molecule has 0 spiro atoms. The van der Waals surface area contributed by atoms with Crippen LogP contribution in [-0.2, 0) is 57.2 Å². The summed E-state index contributed by atoms with van der Waals surface area (Å²) < 4.78 is 32.0. The predicted octanol–water partition coefficient (Wildman–Crippen LogP) is 1.46. The molecule has 14 heteroatoms. The number of para-hydroxylation sites is 2. The number of hydrogen-bond acceptors (Lipinski definition) is 13. The largest absolute Gasteiger partial charge is 0.462 e. The molecular formula is C25H30N2O12. The number of nitrogens with one attached hydrogen (secondary N) is 1. The second-order valence-electron chi connectivity index (χ2n) is 8.34. The van der Waals surface area contributed by atoms with Gasteiger partial charge in [0.1, 0.15) is 6.61 Å². The first-order valence-electron chi connectivity index (χ1n) is 11.7. The molecule has 5 atom stereocenters. The van der Waals surface area contributed by atoms with Gasteiger partial charge in [-0.3, -0.25) is 28.8 Å². The molecule has 39 heavy (non-hydrogen) atoms. The van der Waals surface area contributed by atoms with Gasteiger partial charge in [-0.05, 0) is 12.1 Å². The van der Waals surface area contributed by atoms with E-state index in [1.165, 1.54) is 0 Å². The van der Waals surface area contributed by atoms with Gasteiger partial charge in [-0.1, -0.05) is 12.1 Å². The first-order chi connectivity index (χ1) is 18.3. The fraction of sp³-hybridized carbons (Fsp3) is 0.480. The molecule has 212 valence electrons. The van der Waals surface area contributed by atoms with Crippen molar-refractivity contribution in [3.8, 4) is 0 Å². The molecule has 0 fully saturated rings. The van der Waals surface area contributed by atoms with Crippen molar-refractivity contribution in [2.75, 3.05) is 6.61 Å². The summed E-state index contributed by atoms with van der Waals surface area (Å²) in [6.45, 7) is 5.70. The predicted molar refractivity (Wildman–Crippen MR) is 129 cm³/mol. The summed E-state index contributed by atoms with van der Waals surface area (Å²) in [4.78, 5) is 79.6. The van der Waals surface area contributed by atoms with Crippen LogP contribution in [0.25, 0.3) is 11.0 Å². The first kappa shape index (κ1) is 30.7. The summed E-state index contributed by atoms with van der Waals surface area (Å²) in [5.74, 6) is -5.16. The fourth-order valence-corrected chi connectivity index (χ4v) is 3.72. The number of fused-ring (bicyclic) bond motifs is 1. The number of benzene rings is 1. The van der Waals surface area contributed by atoms with E-state index in [1.54, 1.807) is 24.3 Å². The Morgan fingerprint density at radius 3 is 1.69 bits per heavy atom. The van der Waals surface area contributed by atoms with Gasteiger partial charge in [-0.15, -0.1) is 0 Å². The van der Waals surface area contributed by atoms with Gasteiger partial charge in [0.2, 0.25) is 0 Å². The summed E-state index contributed by atoms with van der Waals surface area (Å²) in [5.41, 5.74) is 1.01. The van der Waals surface area contributed by atoms with Crippen LogP contribution in [0.1, 0.15) is 53.5 Å². The van der Waals surface area contributed by atoms with Gasteiger partial charge in [-0.25, -0.2) is 4.98 Å². The van der Waals surface area contributed by atoms with Crippen LogP contribution in [0.3, 0.4) is 0 Å². The molecule has 2 rings (SSSR count). The summed E-state index contributed by atoms with van der Waals surface area (Å²) in [6.07, 6.45) is -8.23. The molecule has 0 saturated carbocycles. The third-order valence-electron chi connectivity index (χ3n) is 4.96. The smallest absolute Gasteiger partial charge is 0.303 e. The average Bonchev–Trinajstić information content (AvgIpc) is 3.24. The number of carbonyl (C=O) groups is 6. The maximum Gasteiger partial charge on any atom is 0.303 e. The van der Waals surface area contributed by atoms with Crippen molar-refractivity contribution in [2.24, 2.45) is 0 Å². The lowest BCUT2D eigenvalue weighted by molar-refractivity contribution is -0.214. The number of nitrogens with zero attached hydrogens (tertiary/aromatic N) is 1. The van der Waals surface area contributed by atoms with E-state index in [0.717, 1.165) is 41.5 Å². The van der Waals surface area contributed by atoms with Gasteiger partial charge in [0.25, 0.3) is 0 Å². The zero-order valence-corrected chi connectivity index (χ0v) is 22.2. The van der Waals surface area contributed by atoms with E-state index in [2.05, 4.69) is 9.97 Å². The Kier molecular flexibility index (Phi) is 10.9. The molecule has 14 nitrogen and oxygen atoms in total. The molecule has 1 N–H and O–H groups in total. The molecule has 0 aliphatic carbocycles. The van der Waals surface area contributed by atoms with Crippen molar-refractivity contribution >= 4 is 46.8 Å². The quantitative estimate of drug-likeness (QED) is 0.296. The molecule has 0 aliphatic heterocycles. The minimum Gasteiger partial charge on any atom is -0.462 e. The average molecular weight is 551 g/mol. The van der Waals surface area contributed by atoms with Crippen molar-refractivity contribution in [1.82, 2.24) is 9.97 Å². The Hall–Kier alpha value is -4.49. The van der Waals surface area contributed by atoms with Gasteiger partial charge in [0.15, 0.2) is 36.3 Å². The van der Waals surface area contributed by atoms with Gasteiger partial charge in [0, 0.05) is 41.5 Å². The number of ether oxygens (including phenoxy) is 6. The Labute approximate surface area is 223 Å². The van der Waals surface area contributed by atoms with Crippen molar-refractivity contribution in [1.29, 1.82) is 0 Å². The van der Waals surface area contributed by atoms with Crippen molar-refractivity contribution in [3.05, 3.63) is 30.1 Å². The van der Waals surface area contributed by atoms with Gasteiger partial charge >= 0.3 is 35.8 Å². The van der Waals surface area contributed by atoms with Crippen LogP contribution in [0.15, 0.2) is 24.3 Å². The zero-order chi connectivity index (χ0) is 29.3. The Balaban J connectivity index is 2.75. The second kappa shape index (κ2) is 13.9. The molecule has 0 saturated heterocycles. The minimum absolute atomic E-state index is 0.000370. The summed E-state index contributed by atoms with van der Waals surface area (Å²) >= 11 is 0. The third kappa shape index (κ3) is 9.39. The molecule has 0 amide bonds. The van der Waals surface area contributed by atoms with E-state index in [0.29, 0.717) is 11.0 Å². The third-order valence-corrected chi connectivity index (χ3v) is 4.96. The molecule has 0 unspecified atom stereocenters. The number of H-pyrrole nitrogens is 1. The molecule has 0 bridgehead atoms. The van der Waals surface area contributed by atoms with E-state index in [1.807, 2.05) is 0 Å². The molecule has 1 aromatic heterocycles. The molecule has 2 aromatic rings. The second-order valence-corrected chi connectivity index (χ2v) is 8.34. The number of imidazole rings is 1. The molecule has 1 heterocycles. The van der Waals surface area contributed by atoms with Crippen molar-refractivity contribution < 1.29 is 57.2 Å². The van der Waals surface area contributed by atoms with Gasteiger partial charge < -0.3 is 33.4 Å². The highest BCUT2D eigenvalue weighted by Crippen LogP contribution is 2.31. The topological polar surface area (TPSA) is 186 Å². The maximum absolute atomic E-state index is 12.2. The first-order valence-corrected chi connectivity index (χ1v) is 11.7. The highest BCUT2D eigenvalue weighted by atomic mass is 16.6. The van der Waals surface area contributed by atoms with Crippen molar-refractivity contribution in [3.63, 3.8) is 0 Å². The van der Waals surface area contributed by atoms with Gasteiger partial charge in [0.05, 0.1) is 11.0 Å². The van der Waals surface area contributed by atoms with Gasteiger partial charge in [-0.2, -0.15) is 0 Å². The van der Waals surface area contributed by atoms with Crippen LogP contribution in [0.4, 0.5) is 0 Å². The van der Waals surface area contributed by atoms with Crippen LogP contribution in [0.2, 0.25) is 0 Å². The van der Waals surface area contributed by atoms with E-state index >= 15 is 0 Å². The van der Waals surface area contributed by atoms with E-state index in [9.17, 15) is 28.8 Å². The van der Waals surface area contributed by atoms with Crippen molar-refractivity contribution in [2.45, 2.75) is 72.1 Å². The number of hydrogen-bond donors (Lipinski definition) is 1. The summed E-state index contributed by atoms with van der Waals surface area (Å²) in [5, 5.41) is 0. The Bertz CT molecular complexity index is 1190. The number of rotatable bonds is 12. The van der Waals surface area contributed by atoms with E-state index < -0.39 is 72.9 Å². The SMILES string of the molecule is CC(=O)OC[C@H](OC(C)=O)[C@@H](OC(C)=O)[C@H](OC(C)=O)[C@H](OC(C)=O)[C@H](OC(C)=O)c1nc2ccccc2[nH]1. The molecule has 0 radical (unpaired) electrons. The summed E-state index contributed by atoms with van der Waals surface area (Å²) in [6, 6.07) is 6.81. The maximum atomic E-state index is 12.2. The molecule has 0 aliphatic rings. The number of esters is 6. The van der Waals surface area contributed by atoms with Crippen LogP contribution < -0.4 is 0 Å². The lowest BCUT2D eigenvalue weighted by Crippen LogP contribution is -2.55. The zero-order valence-electron chi connectivity index (χ0n) is 22.2. The highest BCUT2D eigenvalue weighted by molar-refractivity contribution is 5.75. The van der Waals surface area contributed by atoms with E-state index in [4.69, 9.17) is 28.4 Å². The van der Waals surface area contributed by atoms with Crippen LogP contribution in [0, 0.1) is 0 Å². The van der Waals surface area contributed by atoms with E-state index in [-0.39, 0.29) is 5.82 Å². The molecule has 1 aromatic carbocycles. The van der Waals surface area contributed by atoms with Crippen LogP contribution in [0.5, 0.6) is 0 Å². The Morgan fingerprint density at radius 1 is 0.667 bits per heavy atom. The number of aromatic nitrogens is 2. The fourth-order valence-electron chi connectivity index (χ4n) is 3.72. The lowest BCUT2D eigenvalue weighted by atomic mass is 9.97. The highest BCUT2D eigenvalue weighted by Gasteiger charge is 2.49. The minimum atomic E-state index is -1.76. The normalized spacial score (nSPS) is 14.6. The Morgan fingerprint density at radius 2 is 1.18 bits per heavy atom. The standard InChI is InChI=1S/C25H30N2O12/c1-12(28)34-11-20(35-13(2)29)21(36-14(3)30)22(37-15(4)31)23(38-16(5)32)24(39-17(6)33)25-26-18-9-7-8-10-19(18)27-25/h7-10,20-24H,11H2,1-6H3,(H,26,27)/t20-,21+,22-,23-,24-/m0/s1. The van der Waals surface area contributed by atoms with Crippen LogP contribution >= 0.6 is 0 Å². The number of carbonyl (C=O) groups excluding carboxylic acids is 6. The monoisotopic (exact) mass is 550 g/mol. The number of aromatic amines is 1.